The third-order valence-electron chi connectivity index (χ3n) is 1.99. The van der Waals surface area contributed by atoms with Gasteiger partial charge in [-0.15, -0.1) is 11.8 Å². The van der Waals surface area contributed by atoms with Crippen molar-refractivity contribution in [3.8, 4) is 0 Å². The summed E-state index contributed by atoms with van der Waals surface area (Å²) in [6.07, 6.45) is -5.13. The van der Waals surface area contributed by atoms with Gasteiger partial charge in [0, 0.05) is 12.2 Å². The summed E-state index contributed by atoms with van der Waals surface area (Å²) in [5, 5.41) is 0.405. The van der Waals surface area contributed by atoms with Crippen molar-refractivity contribution in [3.63, 3.8) is 0 Å². The molecule has 0 bridgehead atoms. The number of carbonyl (C=O) groups excluding carboxylic acids is 2. The molecule has 16 heavy (non-hydrogen) atoms. The van der Waals surface area contributed by atoms with Crippen LogP contribution in [0.2, 0.25) is 0 Å². The number of carbonyl (C=O) groups is 2. The molecule has 0 aliphatic carbocycles. The molecule has 0 aromatic rings. The molecule has 92 valence electrons. The largest absolute Gasteiger partial charge is 0.401 e. The van der Waals surface area contributed by atoms with Crippen LogP contribution >= 0.6 is 11.8 Å². The van der Waals surface area contributed by atoms with E-state index in [9.17, 15) is 22.8 Å². The Hall–Kier alpha value is -0.960. The Morgan fingerprint density at radius 2 is 2.19 bits per heavy atom. The lowest BCUT2D eigenvalue weighted by atomic mass is 10.2. The molecule has 1 rings (SSSR count). The van der Waals surface area contributed by atoms with Crippen LogP contribution in [-0.4, -0.2) is 35.0 Å². The quantitative estimate of drug-likeness (QED) is 0.337. The highest BCUT2D eigenvalue weighted by atomic mass is 32.2. The minimum atomic E-state index is -4.45. The number of hydrogen-bond donors (Lipinski definition) is 3. The van der Waals surface area contributed by atoms with Crippen molar-refractivity contribution < 1.29 is 22.8 Å². The molecule has 0 radical (unpaired) electrons. The molecule has 0 saturated carbocycles. The molecule has 5 nitrogen and oxygen atoms in total. The van der Waals surface area contributed by atoms with Gasteiger partial charge in [0.2, 0.25) is 5.91 Å². The van der Waals surface area contributed by atoms with Gasteiger partial charge < -0.3 is 5.32 Å². The minimum Gasteiger partial charge on any atom is -0.343 e. The van der Waals surface area contributed by atoms with E-state index < -0.39 is 35.7 Å². The first-order valence-electron chi connectivity index (χ1n) is 4.32. The minimum absolute atomic E-state index is 0.154. The Labute approximate surface area is 93.3 Å². The standard InChI is InChI=1S/C7H10F3N3O2S/c8-7(9,10)4-1-5(14)12-3(2-16-4)6(15)13-11/h3-4H,1-2,11H2,(H,12,14)(H,13,15)/t3-,4-/m0/s1. The van der Waals surface area contributed by atoms with Crippen molar-refractivity contribution in [2.24, 2.45) is 5.84 Å². The van der Waals surface area contributed by atoms with Crippen LogP contribution in [0.3, 0.4) is 0 Å². The van der Waals surface area contributed by atoms with Crippen molar-refractivity contribution >= 4 is 23.6 Å². The number of nitrogens with two attached hydrogens (primary N) is 1. The molecule has 2 amide bonds. The fraction of sp³-hybridized carbons (Fsp3) is 0.714. The molecule has 0 aromatic carbocycles. The predicted octanol–water partition coefficient (Wildman–Crippen LogP) is -0.471. The van der Waals surface area contributed by atoms with Gasteiger partial charge in [0.25, 0.3) is 5.91 Å². The molecular weight excluding hydrogens is 247 g/mol. The molecule has 1 heterocycles. The summed E-state index contributed by atoms with van der Waals surface area (Å²) in [6.45, 7) is 0. The number of halogens is 3. The van der Waals surface area contributed by atoms with E-state index in [2.05, 4.69) is 5.32 Å². The zero-order chi connectivity index (χ0) is 12.3. The van der Waals surface area contributed by atoms with E-state index >= 15 is 0 Å². The van der Waals surface area contributed by atoms with Crippen LogP contribution in [0.5, 0.6) is 0 Å². The van der Waals surface area contributed by atoms with Gasteiger partial charge in [0.1, 0.15) is 11.3 Å². The van der Waals surface area contributed by atoms with Gasteiger partial charge in [-0.3, -0.25) is 15.0 Å². The number of amides is 2. The van der Waals surface area contributed by atoms with E-state index in [4.69, 9.17) is 5.84 Å². The summed E-state index contributed by atoms with van der Waals surface area (Å²) in [6, 6.07) is -1.02. The third-order valence-corrected chi connectivity index (χ3v) is 3.36. The second-order valence-electron chi connectivity index (χ2n) is 3.20. The molecule has 0 spiro atoms. The number of hydrogen-bond acceptors (Lipinski definition) is 4. The summed E-state index contributed by atoms with van der Waals surface area (Å²) < 4.78 is 37.1. The molecule has 4 N–H and O–H groups in total. The van der Waals surface area contributed by atoms with Gasteiger partial charge in [-0.2, -0.15) is 13.2 Å². The fourth-order valence-corrected chi connectivity index (χ4v) is 2.30. The van der Waals surface area contributed by atoms with E-state index in [0.717, 1.165) is 0 Å². The van der Waals surface area contributed by atoms with Crippen LogP contribution in [-0.2, 0) is 9.59 Å². The average molecular weight is 257 g/mol. The van der Waals surface area contributed by atoms with Crippen molar-refractivity contribution in [3.05, 3.63) is 0 Å². The van der Waals surface area contributed by atoms with Crippen molar-refractivity contribution in [1.82, 2.24) is 10.7 Å². The number of nitrogens with one attached hydrogen (secondary N) is 2. The lowest BCUT2D eigenvalue weighted by molar-refractivity contribution is -0.140. The number of rotatable bonds is 1. The number of hydrazine groups is 1. The highest BCUT2D eigenvalue weighted by molar-refractivity contribution is 8.00. The smallest absolute Gasteiger partial charge is 0.343 e. The zero-order valence-electron chi connectivity index (χ0n) is 8.00. The maximum Gasteiger partial charge on any atom is 0.401 e. The summed E-state index contributed by atoms with van der Waals surface area (Å²) in [7, 11) is 0. The monoisotopic (exact) mass is 257 g/mol. The predicted molar refractivity (Wildman–Crippen MR) is 51.2 cm³/mol. The summed E-state index contributed by atoms with van der Waals surface area (Å²) >= 11 is 0.522. The Balaban J connectivity index is 2.70. The van der Waals surface area contributed by atoms with Crippen LogP contribution in [0.25, 0.3) is 0 Å². The molecule has 0 aromatic heterocycles. The first-order valence-corrected chi connectivity index (χ1v) is 5.37. The molecule has 1 aliphatic heterocycles. The van der Waals surface area contributed by atoms with E-state index in [1.165, 1.54) is 0 Å². The van der Waals surface area contributed by atoms with E-state index in [-0.39, 0.29) is 5.75 Å². The Morgan fingerprint density at radius 1 is 1.56 bits per heavy atom. The molecule has 0 unspecified atom stereocenters. The van der Waals surface area contributed by atoms with Crippen molar-refractivity contribution in [2.45, 2.75) is 23.9 Å². The summed E-state index contributed by atoms with van der Waals surface area (Å²) in [5.74, 6) is 3.17. The number of thioether (sulfide) groups is 1. The molecular formula is C7H10F3N3O2S. The molecule has 1 aliphatic rings. The fourth-order valence-electron chi connectivity index (χ4n) is 1.19. The Kier molecular flexibility index (Phi) is 4.03. The first-order chi connectivity index (χ1) is 7.34. The second-order valence-corrected chi connectivity index (χ2v) is 4.43. The van der Waals surface area contributed by atoms with Crippen molar-refractivity contribution in [2.75, 3.05) is 5.75 Å². The van der Waals surface area contributed by atoms with Gasteiger partial charge in [-0.25, -0.2) is 5.84 Å². The first kappa shape index (κ1) is 13.1. The maximum atomic E-state index is 12.4. The third kappa shape index (κ3) is 3.27. The lowest BCUT2D eigenvalue weighted by Crippen LogP contribution is -2.49. The zero-order valence-corrected chi connectivity index (χ0v) is 8.82. The molecule has 2 atom stereocenters. The van der Waals surface area contributed by atoms with Crippen LogP contribution in [0.4, 0.5) is 13.2 Å². The summed E-state index contributed by atoms with van der Waals surface area (Å²) in [4.78, 5) is 22.2. The average Bonchev–Trinajstić information content (AvgIpc) is 2.38. The Morgan fingerprint density at radius 3 is 2.69 bits per heavy atom. The van der Waals surface area contributed by atoms with Gasteiger partial charge in [0.15, 0.2) is 0 Å². The molecule has 1 fully saturated rings. The van der Waals surface area contributed by atoms with Crippen LogP contribution in [0, 0.1) is 0 Å². The van der Waals surface area contributed by atoms with Gasteiger partial charge in [0.05, 0.1) is 0 Å². The van der Waals surface area contributed by atoms with Crippen LogP contribution in [0.15, 0.2) is 0 Å². The van der Waals surface area contributed by atoms with Crippen LogP contribution < -0.4 is 16.6 Å². The lowest BCUT2D eigenvalue weighted by Gasteiger charge is -2.16. The summed E-state index contributed by atoms with van der Waals surface area (Å²) in [5.41, 5.74) is 1.79. The van der Waals surface area contributed by atoms with Gasteiger partial charge in [-0.05, 0) is 0 Å². The van der Waals surface area contributed by atoms with Crippen molar-refractivity contribution in [1.29, 1.82) is 0 Å². The number of alkyl halides is 3. The normalized spacial score (nSPS) is 26.9. The second kappa shape index (κ2) is 4.91. The highest BCUT2D eigenvalue weighted by Gasteiger charge is 2.43. The molecule has 1 saturated heterocycles. The maximum absolute atomic E-state index is 12.4. The highest BCUT2D eigenvalue weighted by Crippen LogP contribution is 2.34. The SMILES string of the molecule is NNC(=O)[C@@H]1CS[C@H](C(F)(F)F)CC(=O)N1. The topological polar surface area (TPSA) is 84.2 Å². The Bertz CT molecular complexity index is 297. The van der Waals surface area contributed by atoms with E-state index in [0.29, 0.717) is 11.8 Å². The molecule has 9 heteroatoms. The van der Waals surface area contributed by atoms with Gasteiger partial charge >= 0.3 is 6.18 Å². The van der Waals surface area contributed by atoms with Gasteiger partial charge in [-0.1, -0.05) is 0 Å². The van der Waals surface area contributed by atoms with E-state index in [1.54, 1.807) is 5.43 Å². The van der Waals surface area contributed by atoms with Crippen LogP contribution in [0.1, 0.15) is 6.42 Å². The van der Waals surface area contributed by atoms with E-state index in [1.807, 2.05) is 0 Å².